The van der Waals surface area contributed by atoms with E-state index < -0.39 is 24.4 Å². The Morgan fingerprint density at radius 2 is 1.85 bits per heavy atom. The third kappa shape index (κ3) is 6.40. The van der Waals surface area contributed by atoms with E-state index >= 15 is 0 Å². The molecule has 2 heterocycles. The molecule has 2 aliphatic heterocycles. The number of hydrogen-bond donors (Lipinski definition) is 3. The van der Waals surface area contributed by atoms with Crippen molar-refractivity contribution in [3.8, 4) is 0 Å². The molecule has 5 rings (SSSR count). The first-order valence-electron chi connectivity index (χ1n) is 14.6. The number of nitrogens with zero attached hydrogens (tertiary/aromatic N) is 3. The molecule has 3 atom stereocenters. The maximum absolute atomic E-state index is 13.6. The number of rotatable bonds is 8. The number of amides is 3. The highest BCUT2D eigenvalue weighted by Crippen LogP contribution is 2.31. The number of carbonyl (C=O) groups is 3. The monoisotopic (exact) mass is 564 g/mol. The SMILES string of the molecule is C[C@H]1C(=O)N(Cc2cccc3ccccc23)C[C@@H]2N(C(=O)OCC3CCCCC3)O[C@@H](CCCNC(=N)N)C(=O)N21. The van der Waals surface area contributed by atoms with Gasteiger partial charge in [-0.1, -0.05) is 61.7 Å². The Kier molecular flexibility index (Phi) is 8.92. The standard InChI is InChI=1S/C30H40N6O5/c1-20-27(37)34(17-23-13-7-12-22-11-5-6-14-24(22)23)18-26-35(20)28(38)25(15-8-16-33-29(31)32)41-36(26)30(39)40-19-21-9-3-2-4-10-21/h5-7,11-14,20-21,25-26H,2-4,8-10,15-19H2,1H3,(H4,31,32,33)/t20-,25-,26-/m0/s1. The number of hydrogen-bond acceptors (Lipinski definition) is 6. The van der Waals surface area contributed by atoms with Crippen molar-refractivity contribution in [2.24, 2.45) is 11.7 Å². The van der Waals surface area contributed by atoms with Crippen LogP contribution in [0.1, 0.15) is 57.4 Å². The summed E-state index contributed by atoms with van der Waals surface area (Å²) in [5, 5.41) is 13.4. The van der Waals surface area contributed by atoms with Crippen LogP contribution in [0.3, 0.4) is 0 Å². The summed E-state index contributed by atoms with van der Waals surface area (Å²) >= 11 is 0. The molecule has 0 unspecified atom stereocenters. The van der Waals surface area contributed by atoms with E-state index in [0.717, 1.165) is 42.0 Å². The van der Waals surface area contributed by atoms with Crippen molar-refractivity contribution in [1.82, 2.24) is 20.2 Å². The van der Waals surface area contributed by atoms with Gasteiger partial charge in [0.2, 0.25) is 5.91 Å². The maximum atomic E-state index is 13.6. The van der Waals surface area contributed by atoms with E-state index in [1.54, 1.807) is 11.8 Å². The zero-order valence-electron chi connectivity index (χ0n) is 23.6. The first-order valence-corrected chi connectivity index (χ1v) is 14.6. The van der Waals surface area contributed by atoms with Gasteiger partial charge in [-0.15, -0.1) is 0 Å². The highest BCUT2D eigenvalue weighted by molar-refractivity contribution is 5.92. The molecular formula is C30H40N6O5. The van der Waals surface area contributed by atoms with E-state index in [9.17, 15) is 14.4 Å². The highest BCUT2D eigenvalue weighted by Gasteiger charge is 2.52. The van der Waals surface area contributed by atoms with Crippen molar-refractivity contribution < 1.29 is 24.0 Å². The number of benzene rings is 2. The maximum Gasteiger partial charge on any atom is 0.436 e. The van der Waals surface area contributed by atoms with Gasteiger partial charge in [-0.05, 0) is 54.9 Å². The minimum atomic E-state index is -0.956. The van der Waals surface area contributed by atoms with Gasteiger partial charge in [0.05, 0.1) is 13.2 Å². The van der Waals surface area contributed by atoms with Gasteiger partial charge in [0.1, 0.15) is 6.04 Å². The van der Waals surface area contributed by atoms with E-state index in [-0.39, 0.29) is 30.7 Å². The minimum Gasteiger partial charge on any atom is -0.448 e. The van der Waals surface area contributed by atoms with Crippen molar-refractivity contribution in [1.29, 1.82) is 5.41 Å². The Labute approximate surface area is 240 Å². The second-order valence-corrected chi connectivity index (χ2v) is 11.2. The van der Waals surface area contributed by atoms with Gasteiger partial charge in [0.25, 0.3) is 5.91 Å². The van der Waals surface area contributed by atoms with Crippen LogP contribution in [0.2, 0.25) is 0 Å². The van der Waals surface area contributed by atoms with Crippen LogP contribution in [-0.4, -0.2) is 76.7 Å². The Morgan fingerprint density at radius 3 is 2.63 bits per heavy atom. The molecule has 0 bridgehead atoms. The number of piperazine rings is 1. The number of ether oxygens (including phenoxy) is 1. The van der Waals surface area contributed by atoms with Gasteiger partial charge in [-0.2, -0.15) is 5.06 Å². The average molecular weight is 565 g/mol. The van der Waals surface area contributed by atoms with Gasteiger partial charge < -0.3 is 25.6 Å². The molecule has 1 saturated carbocycles. The summed E-state index contributed by atoms with van der Waals surface area (Å²) in [6, 6.07) is 13.2. The third-order valence-electron chi connectivity index (χ3n) is 8.38. The van der Waals surface area contributed by atoms with Gasteiger partial charge in [0, 0.05) is 13.1 Å². The molecule has 0 aromatic heterocycles. The molecule has 11 nitrogen and oxygen atoms in total. The van der Waals surface area contributed by atoms with Crippen LogP contribution in [0.15, 0.2) is 42.5 Å². The van der Waals surface area contributed by atoms with Crippen LogP contribution in [0.4, 0.5) is 4.79 Å². The number of carbonyl (C=O) groups excluding carboxylic acids is 3. The summed E-state index contributed by atoms with van der Waals surface area (Å²) in [4.78, 5) is 49.9. The summed E-state index contributed by atoms with van der Waals surface area (Å²) < 4.78 is 5.75. The number of nitrogens with two attached hydrogens (primary N) is 1. The second-order valence-electron chi connectivity index (χ2n) is 11.2. The summed E-state index contributed by atoms with van der Waals surface area (Å²) in [5.74, 6) is -0.356. The van der Waals surface area contributed by atoms with E-state index in [4.69, 9.17) is 20.7 Å². The topological polar surface area (TPSA) is 141 Å². The quantitative estimate of drug-likeness (QED) is 0.254. The summed E-state index contributed by atoms with van der Waals surface area (Å²) in [6.45, 7) is 2.84. The Bertz CT molecular complexity index is 1280. The van der Waals surface area contributed by atoms with Gasteiger partial charge in [-0.3, -0.25) is 19.8 Å². The lowest BCUT2D eigenvalue weighted by atomic mass is 9.90. The lowest BCUT2D eigenvalue weighted by Gasteiger charge is -2.51. The van der Waals surface area contributed by atoms with Crippen LogP contribution in [0, 0.1) is 11.3 Å². The molecule has 1 aliphatic carbocycles. The molecule has 11 heteroatoms. The molecule has 2 aromatic rings. The number of fused-ring (bicyclic) bond motifs is 2. The smallest absolute Gasteiger partial charge is 0.436 e. The zero-order valence-corrected chi connectivity index (χ0v) is 23.6. The highest BCUT2D eigenvalue weighted by atomic mass is 16.7. The second kappa shape index (κ2) is 12.8. The normalized spacial score (nSPS) is 23.4. The van der Waals surface area contributed by atoms with E-state index in [1.165, 1.54) is 16.4 Å². The molecule has 3 fully saturated rings. The Balaban J connectivity index is 1.36. The molecule has 2 saturated heterocycles. The summed E-state index contributed by atoms with van der Waals surface area (Å²) in [7, 11) is 0. The molecule has 2 aromatic carbocycles. The molecule has 3 amide bonds. The molecule has 4 N–H and O–H groups in total. The molecule has 220 valence electrons. The van der Waals surface area contributed by atoms with Crippen molar-refractivity contribution in [2.45, 2.75) is 76.7 Å². The molecule has 0 spiro atoms. The first kappa shape index (κ1) is 28.7. The van der Waals surface area contributed by atoms with Crippen LogP contribution < -0.4 is 11.1 Å². The Morgan fingerprint density at radius 1 is 1.10 bits per heavy atom. The molecule has 3 aliphatic rings. The number of hydroxylamine groups is 2. The number of nitrogens with one attached hydrogen (secondary N) is 2. The van der Waals surface area contributed by atoms with Gasteiger partial charge in [0.15, 0.2) is 18.2 Å². The Hall–Kier alpha value is -3.86. The van der Waals surface area contributed by atoms with Crippen LogP contribution in [0.25, 0.3) is 10.8 Å². The fourth-order valence-electron chi connectivity index (χ4n) is 6.20. The van der Waals surface area contributed by atoms with Crippen molar-refractivity contribution in [3.05, 3.63) is 48.0 Å². The average Bonchev–Trinajstić information content (AvgIpc) is 2.98. The molecule has 41 heavy (non-hydrogen) atoms. The van der Waals surface area contributed by atoms with Crippen LogP contribution in [0.5, 0.6) is 0 Å². The zero-order chi connectivity index (χ0) is 28.9. The third-order valence-corrected chi connectivity index (χ3v) is 8.38. The fraction of sp³-hybridized carbons (Fsp3) is 0.533. The van der Waals surface area contributed by atoms with E-state index in [0.29, 0.717) is 32.0 Å². The summed E-state index contributed by atoms with van der Waals surface area (Å²) in [6.07, 6.45) is 3.88. The van der Waals surface area contributed by atoms with Crippen LogP contribution in [-0.2, 0) is 25.7 Å². The predicted molar refractivity (Wildman–Crippen MR) is 153 cm³/mol. The fourth-order valence-corrected chi connectivity index (χ4v) is 6.20. The lowest BCUT2D eigenvalue weighted by molar-refractivity contribution is -0.267. The lowest BCUT2D eigenvalue weighted by Crippen LogP contribution is -2.72. The largest absolute Gasteiger partial charge is 0.448 e. The predicted octanol–water partition coefficient (Wildman–Crippen LogP) is 3.32. The number of guanidine groups is 1. The van der Waals surface area contributed by atoms with Crippen molar-refractivity contribution in [2.75, 3.05) is 19.7 Å². The van der Waals surface area contributed by atoms with Crippen LogP contribution >= 0.6 is 0 Å². The van der Waals surface area contributed by atoms with Crippen molar-refractivity contribution in [3.63, 3.8) is 0 Å². The van der Waals surface area contributed by atoms with Crippen molar-refractivity contribution >= 4 is 34.6 Å². The van der Waals surface area contributed by atoms with E-state index in [2.05, 4.69) is 5.32 Å². The van der Waals surface area contributed by atoms with E-state index in [1.807, 2.05) is 42.5 Å². The first-order chi connectivity index (χ1) is 19.8. The molecule has 0 radical (unpaired) electrons. The summed E-state index contributed by atoms with van der Waals surface area (Å²) in [5.41, 5.74) is 6.36. The molecular weight excluding hydrogens is 524 g/mol. The minimum absolute atomic E-state index is 0.106. The van der Waals surface area contributed by atoms with Gasteiger partial charge in [-0.25, -0.2) is 4.79 Å². The van der Waals surface area contributed by atoms with Gasteiger partial charge >= 0.3 is 6.09 Å².